The van der Waals surface area contributed by atoms with Crippen LogP contribution in [0.15, 0.2) is 18.5 Å². The van der Waals surface area contributed by atoms with Crippen molar-refractivity contribution < 1.29 is 9.72 Å². The average Bonchev–Trinajstić information content (AvgIpc) is 3.12. The van der Waals surface area contributed by atoms with Crippen LogP contribution in [0.1, 0.15) is 44.2 Å². The van der Waals surface area contributed by atoms with Gasteiger partial charge in [0.05, 0.1) is 16.7 Å². The molecule has 1 amide bonds. The maximum Gasteiger partial charge on any atom is 0.309 e. The van der Waals surface area contributed by atoms with Crippen LogP contribution in [0.2, 0.25) is 0 Å². The summed E-state index contributed by atoms with van der Waals surface area (Å²) in [7, 11) is 0. The highest BCUT2D eigenvalue weighted by molar-refractivity contribution is 5.80. The molecule has 0 fully saturated rings. The molecule has 0 aliphatic rings. The minimum atomic E-state index is -0.655. The van der Waals surface area contributed by atoms with E-state index in [1.165, 1.54) is 10.9 Å². The van der Waals surface area contributed by atoms with Gasteiger partial charge in [0, 0.05) is 12.7 Å². The first-order valence-electron chi connectivity index (χ1n) is 7.37. The van der Waals surface area contributed by atoms with E-state index < -0.39 is 11.0 Å². The smallest absolute Gasteiger partial charge is 0.309 e. The van der Waals surface area contributed by atoms with Gasteiger partial charge in [0.25, 0.3) is 0 Å². The minimum Gasteiger partial charge on any atom is -0.346 e. The molecule has 0 saturated carbocycles. The highest BCUT2D eigenvalue weighted by Crippen LogP contribution is 2.19. The summed E-state index contributed by atoms with van der Waals surface area (Å²) in [6.45, 7) is 7.76. The first kappa shape index (κ1) is 16.7. The zero-order chi connectivity index (χ0) is 17.1. The van der Waals surface area contributed by atoms with Gasteiger partial charge in [-0.25, -0.2) is 0 Å². The van der Waals surface area contributed by atoms with Gasteiger partial charge in [0.1, 0.15) is 17.9 Å². The average molecular weight is 320 g/mol. The third-order valence-corrected chi connectivity index (χ3v) is 3.65. The molecule has 0 spiro atoms. The Morgan fingerprint density at radius 1 is 1.43 bits per heavy atom. The molecule has 0 saturated heterocycles. The minimum absolute atomic E-state index is 0.0978. The standard InChI is InChI=1S/C14H20N6O3/c1-5-18-7-6-12(17-18)9(2)15-14(21)11(4)19-8-13(20(22)23)10(3)16-19/h6-9,11H,5H2,1-4H3,(H,15,21). The fraction of sp³-hybridized carbons (Fsp3) is 0.500. The monoisotopic (exact) mass is 320 g/mol. The lowest BCUT2D eigenvalue weighted by molar-refractivity contribution is -0.385. The van der Waals surface area contributed by atoms with E-state index in [1.807, 2.05) is 26.1 Å². The molecule has 0 bridgehead atoms. The summed E-state index contributed by atoms with van der Waals surface area (Å²) in [5.41, 5.74) is 0.943. The Hall–Kier alpha value is -2.71. The molecule has 9 nitrogen and oxygen atoms in total. The molecule has 2 aromatic rings. The second-order valence-electron chi connectivity index (χ2n) is 5.34. The van der Waals surface area contributed by atoms with Crippen LogP contribution < -0.4 is 5.32 Å². The van der Waals surface area contributed by atoms with E-state index in [2.05, 4.69) is 15.5 Å². The lowest BCUT2D eigenvalue weighted by Gasteiger charge is -2.16. The molecule has 2 atom stereocenters. The zero-order valence-corrected chi connectivity index (χ0v) is 13.6. The molecule has 0 radical (unpaired) electrons. The van der Waals surface area contributed by atoms with Crippen LogP contribution in [-0.2, 0) is 11.3 Å². The fourth-order valence-corrected chi connectivity index (χ4v) is 2.16. The molecule has 124 valence electrons. The number of carbonyl (C=O) groups excluding carboxylic acids is 1. The summed E-state index contributed by atoms with van der Waals surface area (Å²) in [4.78, 5) is 22.7. The van der Waals surface area contributed by atoms with E-state index in [-0.39, 0.29) is 23.3 Å². The Balaban J connectivity index is 2.07. The maximum absolute atomic E-state index is 12.3. The summed E-state index contributed by atoms with van der Waals surface area (Å²) < 4.78 is 3.09. The number of hydrogen-bond donors (Lipinski definition) is 1. The molecule has 23 heavy (non-hydrogen) atoms. The molecule has 0 aliphatic carbocycles. The number of hydrogen-bond acceptors (Lipinski definition) is 5. The van der Waals surface area contributed by atoms with Crippen molar-refractivity contribution in [2.45, 2.75) is 46.3 Å². The predicted molar refractivity (Wildman–Crippen MR) is 82.8 cm³/mol. The maximum atomic E-state index is 12.3. The summed E-state index contributed by atoms with van der Waals surface area (Å²) in [5, 5.41) is 22.1. The lowest BCUT2D eigenvalue weighted by atomic mass is 10.2. The second-order valence-corrected chi connectivity index (χ2v) is 5.34. The number of rotatable bonds is 6. The van der Waals surface area contributed by atoms with Crippen LogP contribution in [0, 0.1) is 17.0 Å². The van der Waals surface area contributed by atoms with Crippen molar-refractivity contribution in [3.63, 3.8) is 0 Å². The largest absolute Gasteiger partial charge is 0.346 e. The van der Waals surface area contributed by atoms with Gasteiger partial charge in [0.2, 0.25) is 5.91 Å². The molecule has 9 heteroatoms. The first-order valence-corrected chi connectivity index (χ1v) is 7.37. The van der Waals surface area contributed by atoms with Gasteiger partial charge in [-0.1, -0.05) is 0 Å². The van der Waals surface area contributed by atoms with Crippen molar-refractivity contribution >= 4 is 11.6 Å². The van der Waals surface area contributed by atoms with Crippen LogP contribution in [-0.4, -0.2) is 30.4 Å². The van der Waals surface area contributed by atoms with Gasteiger partial charge in [-0.3, -0.25) is 24.3 Å². The van der Waals surface area contributed by atoms with Crippen molar-refractivity contribution in [1.82, 2.24) is 24.9 Å². The van der Waals surface area contributed by atoms with Crippen LogP contribution in [0.4, 0.5) is 5.69 Å². The van der Waals surface area contributed by atoms with E-state index in [9.17, 15) is 14.9 Å². The Kier molecular flexibility index (Phi) is 4.77. The van der Waals surface area contributed by atoms with Gasteiger partial charge in [0.15, 0.2) is 0 Å². The zero-order valence-electron chi connectivity index (χ0n) is 13.6. The van der Waals surface area contributed by atoms with Crippen molar-refractivity contribution in [2.24, 2.45) is 0 Å². The summed E-state index contributed by atoms with van der Waals surface area (Å²) >= 11 is 0. The third kappa shape index (κ3) is 3.55. The Labute approximate surface area is 133 Å². The number of amides is 1. The molecule has 0 aliphatic heterocycles. The molecule has 2 aromatic heterocycles. The van der Waals surface area contributed by atoms with Crippen LogP contribution in [0.3, 0.4) is 0 Å². The molecular formula is C14H20N6O3. The number of nitro groups is 1. The topological polar surface area (TPSA) is 108 Å². The van der Waals surface area contributed by atoms with Crippen molar-refractivity contribution in [1.29, 1.82) is 0 Å². The van der Waals surface area contributed by atoms with Crippen LogP contribution in [0.25, 0.3) is 0 Å². The van der Waals surface area contributed by atoms with Gasteiger partial charge in [-0.2, -0.15) is 10.2 Å². The van der Waals surface area contributed by atoms with Gasteiger partial charge >= 0.3 is 5.69 Å². The van der Waals surface area contributed by atoms with E-state index in [4.69, 9.17) is 0 Å². The molecule has 1 N–H and O–H groups in total. The van der Waals surface area contributed by atoms with Gasteiger partial charge in [-0.15, -0.1) is 0 Å². The van der Waals surface area contributed by atoms with E-state index >= 15 is 0 Å². The number of nitrogens with zero attached hydrogens (tertiary/aromatic N) is 5. The van der Waals surface area contributed by atoms with Gasteiger partial charge < -0.3 is 5.32 Å². The quantitative estimate of drug-likeness (QED) is 0.644. The lowest BCUT2D eigenvalue weighted by Crippen LogP contribution is -2.33. The molecular weight excluding hydrogens is 300 g/mol. The third-order valence-electron chi connectivity index (χ3n) is 3.65. The Morgan fingerprint density at radius 3 is 2.65 bits per heavy atom. The van der Waals surface area contributed by atoms with Crippen molar-refractivity contribution in [2.75, 3.05) is 0 Å². The van der Waals surface area contributed by atoms with E-state index in [0.717, 1.165) is 12.2 Å². The molecule has 2 rings (SSSR count). The van der Waals surface area contributed by atoms with Gasteiger partial charge in [-0.05, 0) is 33.8 Å². The summed E-state index contributed by atoms with van der Waals surface area (Å²) in [6, 6.07) is 0.935. The highest BCUT2D eigenvalue weighted by atomic mass is 16.6. The molecule has 2 heterocycles. The number of carbonyl (C=O) groups is 1. The highest BCUT2D eigenvalue weighted by Gasteiger charge is 2.23. The van der Waals surface area contributed by atoms with Crippen molar-refractivity contribution in [3.05, 3.63) is 40.0 Å². The predicted octanol–water partition coefficient (Wildman–Crippen LogP) is 1.75. The van der Waals surface area contributed by atoms with E-state index in [0.29, 0.717) is 0 Å². The molecule has 0 aromatic carbocycles. The first-order chi connectivity index (χ1) is 10.8. The summed E-state index contributed by atoms with van der Waals surface area (Å²) in [5.74, 6) is -0.277. The number of aromatic nitrogens is 4. The molecule has 2 unspecified atom stereocenters. The Morgan fingerprint density at radius 2 is 2.13 bits per heavy atom. The van der Waals surface area contributed by atoms with Crippen LogP contribution >= 0.6 is 0 Å². The number of aryl methyl sites for hydroxylation is 2. The SMILES string of the molecule is CCn1ccc(C(C)NC(=O)C(C)n2cc([N+](=O)[O-])c(C)n2)n1. The van der Waals surface area contributed by atoms with Crippen LogP contribution in [0.5, 0.6) is 0 Å². The fourth-order valence-electron chi connectivity index (χ4n) is 2.16. The normalized spacial score (nSPS) is 13.6. The van der Waals surface area contributed by atoms with Crippen molar-refractivity contribution in [3.8, 4) is 0 Å². The second kappa shape index (κ2) is 6.59. The Bertz CT molecular complexity index is 720. The number of nitrogens with one attached hydrogen (secondary N) is 1. The van der Waals surface area contributed by atoms with E-state index in [1.54, 1.807) is 18.5 Å². The summed E-state index contributed by atoms with van der Waals surface area (Å²) in [6.07, 6.45) is 3.12.